The first-order valence-electron chi connectivity index (χ1n) is 4.98. The maximum atomic E-state index is 12.4. The van der Waals surface area contributed by atoms with Gasteiger partial charge in [0.1, 0.15) is 5.75 Å². The molecule has 0 radical (unpaired) electrons. The Hall–Kier alpha value is -1.91. The molecule has 0 atom stereocenters. The average molecular weight is 334 g/mol. The molecular weight excluding hydrogens is 327 g/mol. The van der Waals surface area contributed by atoms with Crippen LogP contribution < -0.4 is 4.74 Å². The van der Waals surface area contributed by atoms with Gasteiger partial charge in [-0.25, -0.2) is 13.2 Å². The fourth-order valence-electron chi connectivity index (χ4n) is 1.27. The van der Waals surface area contributed by atoms with Gasteiger partial charge in [-0.05, 0) is 18.2 Å². The van der Waals surface area contributed by atoms with Crippen molar-refractivity contribution in [2.75, 3.05) is 7.11 Å². The summed E-state index contributed by atoms with van der Waals surface area (Å²) >= 11 is 0. The van der Waals surface area contributed by atoms with Crippen LogP contribution in [0.4, 0.5) is 22.0 Å². The summed E-state index contributed by atoms with van der Waals surface area (Å²) in [7, 11) is -4.33. The molecule has 0 spiro atoms. The number of halogens is 5. The summed E-state index contributed by atoms with van der Waals surface area (Å²) in [6.07, 6.45) is -5.19. The molecule has 0 amide bonds. The van der Waals surface area contributed by atoms with E-state index in [0.717, 1.165) is 7.11 Å². The Morgan fingerprint density at radius 1 is 1.19 bits per heavy atom. The number of alkyl halides is 5. The Bertz CT molecular complexity index is 638. The van der Waals surface area contributed by atoms with Crippen molar-refractivity contribution in [2.24, 2.45) is 0 Å². The van der Waals surface area contributed by atoms with E-state index < -0.39 is 44.1 Å². The quantitative estimate of drug-likeness (QED) is 0.624. The van der Waals surface area contributed by atoms with Crippen molar-refractivity contribution in [3.63, 3.8) is 0 Å². The summed E-state index contributed by atoms with van der Waals surface area (Å²) in [5, 5.41) is 0. The van der Waals surface area contributed by atoms with Crippen molar-refractivity contribution in [1.82, 2.24) is 0 Å². The molecule has 1 aromatic rings. The second-order valence-corrected chi connectivity index (χ2v) is 5.46. The summed E-state index contributed by atoms with van der Waals surface area (Å²) in [4.78, 5) is 10.0. The van der Waals surface area contributed by atoms with Crippen LogP contribution in [0.5, 0.6) is 5.75 Å². The number of methoxy groups -OCH3 is 1. The second kappa shape index (κ2) is 5.84. The molecule has 118 valence electrons. The fourth-order valence-corrected chi connectivity index (χ4v) is 2.04. The summed E-state index contributed by atoms with van der Waals surface area (Å²) in [5.74, 6) is -6.22. The van der Waals surface area contributed by atoms with E-state index in [1.807, 2.05) is 0 Å². The molecule has 0 N–H and O–H groups in total. The molecule has 0 aliphatic carbocycles. The van der Waals surface area contributed by atoms with Gasteiger partial charge in [-0.3, -0.25) is 0 Å². The molecule has 0 unspecified atom stereocenters. The molecule has 0 aliphatic rings. The molecule has 11 heteroatoms. The van der Waals surface area contributed by atoms with Gasteiger partial charge in [0.05, 0.1) is 17.6 Å². The van der Waals surface area contributed by atoms with Crippen molar-refractivity contribution in [2.45, 2.75) is 17.0 Å². The van der Waals surface area contributed by atoms with E-state index in [-0.39, 0.29) is 6.07 Å². The summed E-state index contributed by atoms with van der Waals surface area (Å²) in [6.45, 7) is 0. The number of benzene rings is 1. The van der Waals surface area contributed by atoms with Crippen molar-refractivity contribution in [1.29, 1.82) is 0 Å². The van der Waals surface area contributed by atoms with Crippen LogP contribution in [0.3, 0.4) is 0 Å². The van der Waals surface area contributed by atoms with E-state index >= 15 is 0 Å². The third-order valence-corrected chi connectivity index (χ3v) is 3.46. The van der Waals surface area contributed by atoms with Crippen molar-refractivity contribution in [3.8, 4) is 5.75 Å². The highest BCUT2D eigenvalue weighted by Gasteiger charge is 2.33. The van der Waals surface area contributed by atoms with Gasteiger partial charge in [-0.2, -0.15) is 8.78 Å². The Morgan fingerprint density at radius 3 is 2.19 bits per heavy atom. The molecule has 0 aliphatic heterocycles. The topological polar surface area (TPSA) is 69.7 Å². The number of hydrogen-bond donors (Lipinski definition) is 0. The number of carbonyl (C=O) groups is 1. The van der Waals surface area contributed by atoms with E-state index in [2.05, 4.69) is 9.47 Å². The molecule has 0 aromatic heterocycles. The number of rotatable bonds is 4. The molecule has 0 saturated heterocycles. The molecular formula is C10H7F5O5S. The van der Waals surface area contributed by atoms with Crippen LogP contribution in [-0.4, -0.2) is 33.6 Å². The number of ether oxygens (including phenoxy) is 2. The maximum absolute atomic E-state index is 12.4. The first-order valence-corrected chi connectivity index (χ1v) is 6.53. The molecule has 0 heterocycles. The molecule has 21 heavy (non-hydrogen) atoms. The highest BCUT2D eigenvalue weighted by Crippen LogP contribution is 2.29. The van der Waals surface area contributed by atoms with Crippen LogP contribution >= 0.6 is 0 Å². The van der Waals surface area contributed by atoms with E-state index in [9.17, 15) is 35.2 Å². The average Bonchev–Trinajstić information content (AvgIpc) is 2.35. The lowest BCUT2D eigenvalue weighted by Crippen LogP contribution is -2.19. The van der Waals surface area contributed by atoms with Gasteiger partial charge >= 0.3 is 18.1 Å². The summed E-state index contributed by atoms with van der Waals surface area (Å²) < 4.78 is 91.3. The van der Waals surface area contributed by atoms with Gasteiger partial charge < -0.3 is 9.47 Å². The molecule has 5 nitrogen and oxygen atoms in total. The predicted octanol–water partition coefficient (Wildman–Crippen LogP) is 2.37. The van der Waals surface area contributed by atoms with E-state index in [1.54, 1.807) is 0 Å². The Balaban J connectivity index is 3.45. The smallest absolute Gasteiger partial charge is 0.465 e. The van der Waals surface area contributed by atoms with Crippen molar-refractivity contribution in [3.05, 3.63) is 23.8 Å². The van der Waals surface area contributed by atoms with Gasteiger partial charge in [0.25, 0.3) is 0 Å². The van der Waals surface area contributed by atoms with Gasteiger partial charge in [0.2, 0.25) is 9.84 Å². The SMILES string of the molecule is COC(=O)c1cc(OC(F)(F)F)cc(S(=O)(=O)C(F)F)c1. The normalized spacial score (nSPS) is 12.3. The van der Waals surface area contributed by atoms with E-state index in [1.165, 1.54) is 0 Å². The van der Waals surface area contributed by atoms with Crippen LogP contribution in [0.15, 0.2) is 23.1 Å². The third kappa shape index (κ3) is 4.28. The fraction of sp³-hybridized carbons (Fsp3) is 0.300. The van der Waals surface area contributed by atoms with Crippen LogP contribution in [0.2, 0.25) is 0 Å². The predicted molar refractivity (Wildman–Crippen MR) is 57.7 cm³/mol. The largest absolute Gasteiger partial charge is 0.573 e. The van der Waals surface area contributed by atoms with Gasteiger partial charge in [-0.15, -0.1) is 13.2 Å². The van der Waals surface area contributed by atoms with Crippen LogP contribution in [0, 0.1) is 0 Å². The minimum absolute atomic E-state index is 0.238. The molecule has 1 aromatic carbocycles. The monoisotopic (exact) mass is 334 g/mol. The Kier molecular flexibility index (Phi) is 4.76. The van der Waals surface area contributed by atoms with Crippen LogP contribution in [0.25, 0.3) is 0 Å². The first-order chi connectivity index (χ1) is 9.47. The van der Waals surface area contributed by atoms with Gasteiger partial charge in [0, 0.05) is 0 Å². The lowest BCUT2D eigenvalue weighted by atomic mass is 10.2. The minimum atomic E-state index is -5.21. The van der Waals surface area contributed by atoms with Gasteiger partial charge in [0.15, 0.2) is 0 Å². The van der Waals surface area contributed by atoms with Crippen molar-refractivity contribution < 1.29 is 44.6 Å². The zero-order chi connectivity index (χ0) is 16.4. The van der Waals surface area contributed by atoms with Gasteiger partial charge in [-0.1, -0.05) is 0 Å². The molecule has 0 saturated carbocycles. The van der Waals surface area contributed by atoms with Crippen LogP contribution in [-0.2, 0) is 14.6 Å². The van der Waals surface area contributed by atoms with E-state index in [4.69, 9.17) is 0 Å². The lowest BCUT2D eigenvalue weighted by Gasteiger charge is -2.12. The molecule has 0 fully saturated rings. The number of hydrogen-bond acceptors (Lipinski definition) is 5. The second-order valence-electron chi connectivity index (χ2n) is 3.54. The third-order valence-electron chi connectivity index (χ3n) is 2.10. The first kappa shape index (κ1) is 17.1. The summed E-state index contributed by atoms with van der Waals surface area (Å²) in [5.41, 5.74) is -0.682. The molecule has 0 bridgehead atoms. The number of esters is 1. The number of sulfone groups is 1. The van der Waals surface area contributed by atoms with E-state index in [0.29, 0.717) is 12.1 Å². The Morgan fingerprint density at radius 2 is 1.76 bits per heavy atom. The highest BCUT2D eigenvalue weighted by atomic mass is 32.2. The number of carbonyl (C=O) groups excluding carboxylic acids is 1. The highest BCUT2D eigenvalue weighted by molar-refractivity contribution is 7.91. The maximum Gasteiger partial charge on any atom is 0.573 e. The minimum Gasteiger partial charge on any atom is -0.465 e. The zero-order valence-corrected chi connectivity index (χ0v) is 11.0. The molecule has 1 rings (SSSR count). The zero-order valence-electron chi connectivity index (χ0n) is 10.1. The van der Waals surface area contributed by atoms with Crippen LogP contribution in [0.1, 0.15) is 10.4 Å². The van der Waals surface area contributed by atoms with Crippen molar-refractivity contribution >= 4 is 15.8 Å². The lowest BCUT2D eigenvalue weighted by molar-refractivity contribution is -0.274. The summed E-state index contributed by atoms with van der Waals surface area (Å²) in [6, 6.07) is 1.22. The Labute approximate surface area is 115 Å². The standard InChI is InChI=1S/C10H7F5O5S/c1-19-8(16)5-2-6(20-10(13,14)15)4-7(3-5)21(17,18)9(11)12/h2-4,9H,1H3.